The summed E-state index contributed by atoms with van der Waals surface area (Å²) in [5.41, 5.74) is 1.49. The number of aryl methyl sites for hydroxylation is 1. The predicted molar refractivity (Wildman–Crippen MR) is 69.5 cm³/mol. The molecule has 18 heavy (non-hydrogen) atoms. The molecule has 100 valence electrons. The molecule has 0 radical (unpaired) electrons. The molecule has 1 rings (SSSR count). The van der Waals surface area contributed by atoms with Crippen LogP contribution in [0.2, 0.25) is 0 Å². The van der Waals surface area contributed by atoms with Crippen molar-refractivity contribution in [1.82, 2.24) is 4.72 Å². The second-order valence-electron chi connectivity index (χ2n) is 3.90. The Labute approximate surface area is 106 Å². The first-order valence-electron chi connectivity index (χ1n) is 5.32. The maximum Gasteiger partial charge on any atom is 0.337 e. The Morgan fingerprint density at radius 3 is 2.56 bits per heavy atom. The molecule has 0 aliphatic heterocycles. The Morgan fingerprint density at radius 2 is 2.00 bits per heavy atom. The van der Waals surface area contributed by atoms with E-state index in [0.717, 1.165) is 11.8 Å². The Hall–Kier alpha value is -1.60. The van der Waals surface area contributed by atoms with E-state index in [2.05, 4.69) is 10.0 Å². The number of anilines is 1. The van der Waals surface area contributed by atoms with Gasteiger partial charge in [-0.15, -0.1) is 0 Å². The van der Waals surface area contributed by atoms with Crippen molar-refractivity contribution >= 4 is 21.7 Å². The van der Waals surface area contributed by atoms with Crippen molar-refractivity contribution in [2.75, 3.05) is 24.7 Å². The summed E-state index contributed by atoms with van der Waals surface area (Å²) in [6, 6.07) is 4.96. The molecule has 0 unspecified atom stereocenters. The molecule has 6 nitrogen and oxygen atoms in total. The predicted octanol–water partition coefficient (Wildman–Crippen LogP) is 0.654. The lowest BCUT2D eigenvalue weighted by molar-refractivity contribution is 0.0698. The number of carboxylic acid groups (broad SMARTS) is 1. The summed E-state index contributed by atoms with van der Waals surface area (Å²) in [6.07, 6.45) is 1.07. The maximum atomic E-state index is 11.0. The number of nitrogens with one attached hydrogen (secondary N) is 2. The van der Waals surface area contributed by atoms with Gasteiger partial charge in [-0.2, -0.15) is 0 Å². The lowest BCUT2D eigenvalue weighted by atomic mass is 10.1. The molecule has 0 bridgehead atoms. The highest BCUT2D eigenvalue weighted by Crippen LogP contribution is 2.20. The molecule has 0 aliphatic carbocycles. The van der Waals surface area contributed by atoms with Crippen LogP contribution in [-0.2, 0) is 10.0 Å². The van der Waals surface area contributed by atoms with Gasteiger partial charge in [0.15, 0.2) is 0 Å². The summed E-state index contributed by atoms with van der Waals surface area (Å²) in [6.45, 7) is 2.31. The largest absolute Gasteiger partial charge is 0.478 e. The fraction of sp³-hybridized carbons (Fsp3) is 0.364. The molecule has 0 spiro atoms. The number of aromatic carboxylic acids is 1. The van der Waals surface area contributed by atoms with Crippen LogP contribution in [0.4, 0.5) is 5.69 Å². The Bertz CT molecular complexity index is 540. The fourth-order valence-electron chi connectivity index (χ4n) is 1.50. The van der Waals surface area contributed by atoms with Gasteiger partial charge in [-0.3, -0.25) is 0 Å². The van der Waals surface area contributed by atoms with Crippen molar-refractivity contribution in [3.8, 4) is 0 Å². The number of carboxylic acids is 1. The van der Waals surface area contributed by atoms with Crippen LogP contribution in [0.3, 0.4) is 0 Å². The minimum absolute atomic E-state index is 0.175. The van der Waals surface area contributed by atoms with E-state index >= 15 is 0 Å². The number of hydrogen-bond acceptors (Lipinski definition) is 4. The van der Waals surface area contributed by atoms with Gasteiger partial charge in [-0.25, -0.2) is 17.9 Å². The van der Waals surface area contributed by atoms with Gasteiger partial charge in [0.1, 0.15) is 0 Å². The van der Waals surface area contributed by atoms with Crippen LogP contribution in [0.15, 0.2) is 18.2 Å². The second kappa shape index (κ2) is 5.83. The normalized spacial score (nSPS) is 11.2. The van der Waals surface area contributed by atoms with Crippen LogP contribution in [0, 0.1) is 6.92 Å². The molecule has 0 saturated carbocycles. The first-order valence-corrected chi connectivity index (χ1v) is 7.22. The van der Waals surface area contributed by atoms with Crippen molar-refractivity contribution in [1.29, 1.82) is 0 Å². The summed E-state index contributed by atoms with van der Waals surface area (Å²) < 4.78 is 24.0. The molecule has 1 aromatic carbocycles. The van der Waals surface area contributed by atoms with Crippen LogP contribution in [0.5, 0.6) is 0 Å². The summed E-state index contributed by atoms with van der Waals surface area (Å²) in [4.78, 5) is 11.0. The van der Waals surface area contributed by atoms with E-state index in [9.17, 15) is 13.2 Å². The van der Waals surface area contributed by atoms with Crippen molar-refractivity contribution in [2.24, 2.45) is 0 Å². The number of sulfonamides is 1. The van der Waals surface area contributed by atoms with Crippen molar-refractivity contribution < 1.29 is 18.3 Å². The Balaban J connectivity index is 2.70. The minimum atomic E-state index is -3.22. The van der Waals surface area contributed by atoms with Crippen LogP contribution in [-0.4, -0.2) is 38.8 Å². The lowest BCUT2D eigenvalue weighted by Gasteiger charge is -2.12. The fourth-order valence-corrected chi connectivity index (χ4v) is 1.98. The molecule has 3 N–H and O–H groups in total. The standard InChI is InChI=1S/C11H16N2O4S/c1-8-4-3-5-9(11(14)15)10(8)12-6-7-13-18(2,16)17/h3-5,12-13H,6-7H2,1-2H3,(H,14,15). The average molecular weight is 272 g/mol. The van der Waals surface area contributed by atoms with Crippen molar-refractivity contribution in [3.05, 3.63) is 29.3 Å². The van der Waals surface area contributed by atoms with Gasteiger partial charge in [-0.1, -0.05) is 12.1 Å². The summed E-state index contributed by atoms with van der Waals surface area (Å²) in [5, 5.41) is 12.0. The minimum Gasteiger partial charge on any atom is -0.478 e. The van der Waals surface area contributed by atoms with Gasteiger partial charge in [0.2, 0.25) is 10.0 Å². The quantitative estimate of drug-likeness (QED) is 0.661. The van der Waals surface area contributed by atoms with E-state index < -0.39 is 16.0 Å². The molecule has 0 aliphatic rings. The van der Waals surface area contributed by atoms with Gasteiger partial charge in [0.25, 0.3) is 0 Å². The average Bonchev–Trinajstić information content (AvgIpc) is 2.24. The Kier molecular flexibility index (Phi) is 4.69. The number of para-hydroxylation sites is 1. The summed E-state index contributed by atoms with van der Waals surface area (Å²) in [5.74, 6) is -1.02. The molecule has 7 heteroatoms. The number of carbonyl (C=O) groups is 1. The SMILES string of the molecule is Cc1cccc(C(=O)O)c1NCCNS(C)(=O)=O. The number of hydrogen-bond donors (Lipinski definition) is 3. The van der Waals surface area contributed by atoms with Crippen LogP contribution in [0.25, 0.3) is 0 Å². The summed E-state index contributed by atoms with van der Waals surface area (Å²) >= 11 is 0. The summed E-state index contributed by atoms with van der Waals surface area (Å²) in [7, 11) is -3.22. The second-order valence-corrected chi connectivity index (χ2v) is 5.73. The van der Waals surface area contributed by atoms with Gasteiger partial charge < -0.3 is 10.4 Å². The first-order chi connectivity index (χ1) is 8.31. The van der Waals surface area contributed by atoms with Gasteiger partial charge in [0, 0.05) is 13.1 Å². The van der Waals surface area contributed by atoms with Crippen molar-refractivity contribution in [2.45, 2.75) is 6.92 Å². The third-order valence-electron chi connectivity index (χ3n) is 2.29. The van der Waals surface area contributed by atoms with Crippen LogP contribution in [0.1, 0.15) is 15.9 Å². The number of benzene rings is 1. The van der Waals surface area contributed by atoms with Gasteiger partial charge >= 0.3 is 5.97 Å². The third kappa shape index (κ3) is 4.34. The molecular weight excluding hydrogens is 256 g/mol. The third-order valence-corrected chi connectivity index (χ3v) is 3.02. The van der Waals surface area contributed by atoms with E-state index in [4.69, 9.17) is 5.11 Å². The Morgan fingerprint density at radius 1 is 1.33 bits per heavy atom. The highest BCUT2D eigenvalue weighted by Gasteiger charge is 2.11. The molecule has 1 aromatic rings. The molecule has 0 amide bonds. The van der Waals surface area contributed by atoms with E-state index in [-0.39, 0.29) is 12.1 Å². The highest BCUT2D eigenvalue weighted by molar-refractivity contribution is 7.88. The smallest absolute Gasteiger partial charge is 0.337 e. The van der Waals surface area contributed by atoms with Gasteiger partial charge in [0.05, 0.1) is 17.5 Å². The maximum absolute atomic E-state index is 11.0. The van der Waals surface area contributed by atoms with E-state index in [1.165, 1.54) is 6.07 Å². The number of rotatable bonds is 6. The molecular formula is C11H16N2O4S. The molecule has 0 aromatic heterocycles. The molecule has 0 heterocycles. The topological polar surface area (TPSA) is 95.5 Å². The molecule has 0 saturated heterocycles. The van der Waals surface area contributed by atoms with E-state index in [0.29, 0.717) is 12.2 Å². The zero-order valence-electron chi connectivity index (χ0n) is 10.2. The lowest BCUT2D eigenvalue weighted by Crippen LogP contribution is -2.28. The molecule has 0 atom stereocenters. The van der Waals surface area contributed by atoms with Crippen molar-refractivity contribution in [3.63, 3.8) is 0 Å². The van der Waals surface area contributed by atoms with Crippen LogP contribution >= 0.6 is 0 Å². The first kappa shape index (κ1) is 14.5. The van der Waals surface area contributed by atoms with Gasteiger partial charge in [-0.05, 0) is 18.6 Å². The van der Waals surface area contributed by atoms with Crippen LogP contribution < -0.4 is 10.0 Å². The monoisotopic (exact) mass is 272 g/mol. The highest BCUT2D eigenvalue weighted by atomic mass is 32.2. The molecule has 0 fully saturated rings. The van der Waals surface area contributed by atoms with E-state index in [1.807, 2.05) is 0 Å². The van der Waals surface area contributed by atoms with E-state index in [1.54, 1.807) is 19.1 Å². The zero-order chi connectivity index (χ0) is 13.8. The zero-order valence-corrected chi connectivity index (χ0v) is 11.0.